The molecule has 0 bridgehead atoms. The molecule has 3 aromatic carbocycles. The molecule has 0 radical (unpaired) electrons. The van der Waals surface area contributed by atoms with E-state index >= 15 is 0 Å². The lowest BCUT2D eigenvalue weighted by atomic mass is 10.2. The number of hydrogen-bond donors (Lipinski definition) is 1. The maximum Gasteiger partial charge on any atom is 0.270 e. The summed E-state index contributed by atoms with van der Waals surface area (Å²) in [5, 5.41) is 24.8. The molecule has 0 spiro atoms. The molecule has 0 atom stereocenters. The molecule has 35 heavy (non-hydrogen) atoms. The molecule has 1 amide bonds. The molecule has 1 N–H and O–H groups in total. The number of non-ortho nitro benzene ring substituents is 1. The van der Waals surface area contributed by atoms with Crippen LogP contribution in [0.1, 0.15) is 5.56 Å². The second kappa shape index (κ2) is 11.1. The number of nitrogens with one attached hydrogen (secondary N) is 1. The highest BCUT2D eigenvalue weighted by molar-refractivity contribution is 7.99. The van der Waals surface area contributed by atoms with E-state index in [0.29, 0.717) is 21.6 Å². The van der Waals surface area contributed by atoms with E-state index in [4.69, 9.17) is 23.2 Å². The molecule has 0 saturated heterocycles. The van der Waals surface area contributed by atoms with Gasteiger partial charge in [-0.2, -0.15) is 5.10 Å². The fourth-order valence-corrected chi connectivity index (χ4v) is 4.08. The van der Waals surface area contributed by atoms with E-state index < -0.39 is 10.8 Å². The zero-order valence-electron chi connectivity index (χ0n) is 17.8. The van der Waals surface area contributed by atoms with Crippen molar-refractivity contribution in [2.75, 3.05) is 5.75 Å². The number of carbonyl (C=O) groups is 1. The van der Waals surface area contributed by atoms with E-state index in [1.54, 1.807) is 12.1 Å². The van der Waals surface area contributed by atoms with Gasteiger partial charge in [-0.25, -0.2) is 5.43 Å². The van der Waals surface area contributed by atoms with Crippen LogP contribution in [-0.2, 0) is 4.79 Å². The molecule has 4 rings (SSSR count). The average molecular weight is 527 g/mol. The molecule has 0 aliphatic carbocycles. The predicted octanol–water partition coefficient (Wildman–Crippen LogP) is 5.39. The Morgan fingerprint density at radius 3 is 2.54 bits per heavy atom. The molecule has 9 nitrogen and oxygen atoms in total. The Bertz CT molecular complexity index is 1390. The van der Waals surface area contributed by atoms with Gasteiger partial charge in [0.1, 0.15) is 0 Å². The Morgan fingerprint density at radius 1 is 1.09 bits per heavy atom. The van der Waals surface area contributed by atoms with Crippen molar-refractivity contribution < 1.29 is 9.72 Å². The summed E-state index contributed by atoms with van der Waals surface area (Å²) in [4.78, 5) is 22.8. The van der Waals surface area contributed by atoms with Crippen LogP contribution in [0.3, 0.4) is 0 Å². The highest BCUT2D eigenvalue weighted by Gasteiger charge is 2.17. The third-order valence-corrected chi connectivity index (χ3v) is 6.19. The summed E-state index contributed by atoms with van der Waals surface area (Å²) in [6.07, 6.45) is 1.25. The van der Waals surface area contributed by atoms with Crippen molar-refractivity contribution in [2.45, 2.75) is 5.16 Å². The van der Waals surface area contributed by atoms with Crippen molar-refractivity contribution in [1.82, 2.24) is 20.2 Å². The molecule has 0 aliphatic rings. The highest BCUT2D eigenvalue weighted by Crippen LogP contribution is 2.28. The van der Waals surface area contributed by atoms with Crippen molar-refractivity contribution in [3.63, 3.8) is 0 Å². The number of hydrogen-bond acceptors (Lipinski definition) is 7. The summed E-state index contributed by atoms with van der Waals surface area (Å²) in [7, 11) is 0. The molecule has 12 heteroatoms. The first-order valence-corrected chi connectivity index (χ1v) is 11.8. The highest BCUT2D eigenvalue weighted by atomic mass is 35.5. The van der Waals surface area contributed by atoms with Crippen LogP contribution < -0.4 is 5.43 Å². The minimum atomic E-state index is -0.538. The molecule has 0 aliphatic heterocycles. The number of aromatic nitrogens is 3. The number of carbonyl (C=O) groups excluding carboxylic acids is 1. The first kappa shape index (κ1) is 24.4. The van der Waals surface area contributed by atoms with E-state index in [9.17, 15) is 14.9 Å². The zero-order chi connectivity index (χ0) is 24.8. The lowest BCUT2D eigenvalue weighted by Gasteiger charge is -2.10. The van der Waals surface area contributed by atoms with Crippen LogP contribution in [0.15, 0.2) is 83.1 Å². The van der Waals surface area contributed by atoms with Gasteiger partial charge in [-0.15, -0.1) is 10.2 Å². The average Bonchev–Trinajstić information content (AvgIpc) is 3.29. The Hall–Kier alpha value is -3.73. The Balaban J connectivity index is 1.49. The van der Waals surface area contributed by atoms with E-state index in [0.717, 1.165) is 11.3 Å². The minimum absolute atomic E-state index is 0.000518. The molecule has 0 unspecified atom stereocenters. The predicted molar refractivity (Wildman–Crippen MR) is 136 cm³/mol. The van der Waals surface area contributed by atoms with E-state index in [1.807, 2.05) is 47.0 Å². The van der Waals surface area contributed by atoms with Crippen LogP contribution >= 0.6 is 35.0 Å². The molecule has 0 saturated carbocycles. The number of thioether (sulfide) groups is 1. The van der Waals surface area contributed by atoms with Crippen LogP contribution in [-0.4, -0.2) is 37.6 Å². The zero-order valence-corrected chi connectivity index (χ0v) is 20.2. The van der Waals surface area contributed by atoms with Gasteiger partial charge in [-0.3, -0.25) is 19.5 Å². The molecular weight excluding hydrogens is 511 g/mol. The maximum atomic E-state index is 12.4. The monoisotopic (exact) mass is 526 g/mol. The number of benzene rings is 3. The van der Waals surface area contributed by atoms with Gasteiger partial charge in [0.25, 0.3) is 11.6 Å². The molecule has 176 valence electrons. The first-order chi connectivity index (χ1) is 16.9. The Labute approximate surface area is 213 Å². The van der Waals surface area contributed by atoms with Crippen LogP contribution in [0.2, 0.25) is 10.0 Å². The molecule has 0 fully saturated rings. The fourth-order valence-electron chi connectivity index (χ4n) is 3.04. The summed E-state index contributed by atoms with van der Waals surface area (Å²) in [6, 6.07) is 20.7. The lowest BCUT2D eigenvalue weighted by Crippen LogP contribution is -2.20. The van der Waals surface area contributed by atoms with Crippen LogP contribution in [0, 0.1) is 10.1 Å². The van der Waals surface area contributed by atoms with Crippen molar-refractivity contribution in [3.05, 3.63) is 98.5 Å². The smallest absolute Gasteiger partial charge is 0.270 e. The van der Waals surface area contributed by atoms with Gasteiger partial charge >= 0.3 is 0 Å². The van der Waals surface area contributed by atoms with Gasteiger partial charge < -0.3 is 0 Å². The third kappa shape index (κ3) is 6.04. The van der Waals surface area contributed by atoms with Crippen LogP contribution in [0.4, 0.5) is 5.69 Å². The second-order valence-corrected chi connectivity index (χ2v) is 8.81. The van der Waals surface area contributed by atoms with Gasteiger partial charge in [0, 0.05) is 39.0 Å². The Morgan fingerprint density at radius 2 is 1.83 bits per heavy atom. The number of amides is 1. The minimum Gasteiger partial charge on any atom is -0.272 e. The number of rotatable bonds is 8. The molecule has 1 heterocycles. The van der Waals surface area contributed by atoms with Crippen molar-refractivity contribution in [3.8, 4) is 17.1 Å². The lowest BCUT2D eigenvalue weighted by molar-refractivity contribution is -0.384. The van der Waals surface area contributed by atoms with Crippen LogP contribution in [0.25, 0.3) is 17.1 Å². The van der Waals surface area contributed by atoms with E-state index in [-0.39, 0.29) is 16.5 Å². The number of hydrazone groups is 1. The standard InChI is InChI=1S/C23H16Cl2N6O3S/c24-17-6-8-18(9-7-17)30-22(15-4-2-1-3-5-15)28-29-23(30)35-14-21(32)27-26-13-16-12-19(31(33)34)10-11-20(16)25/h1-13H,14H2,(H,27,32). The molecule has 4 aromatic rings. The number of nitro groups is 1. The summed E-state index contributed by atoms with van der Waals surface area (Å²) in [6.45, 7) is 0. The Kier molecular flexibility index (Phi) is 7.76. The number of nitrogens with zero attached hydrogens (tertiary/aromatic N) is 5. The first-order valence-electron chi connectivity index (χ1n) is 10.1. The normalized spacial score (nSPS) is 11.0. The van der Waals surface area contributed by atoms with Crippen molar-refractivity contribution in [1.29, 1.82) is 0 Å². The summed E-state index contributed by atoms with van der Waals surface area (Å²) >= 11 is 13.3. The number of halogens is 2. The third-order valence-electron chi connectivity index (χ3n) is 4.67. The van der Waals surface area contributed by atoms with Gasteiger partial charge in [0.2, 0.25) is 0 Å². The summed E-state index contributed by atoms with van der Waals surface area (Å²) in [5.74, 6) is 0.217. The van der Waals surface area contributed by atoms with E-state index in [2.05, 4.69) is 20.7 Å². The summed E-state index contributed by atoms with van der Waals surface area (Å²) in [5.41, 5.74) is 4.22. The molecular formula is C23H16Cl2N6O3S. The van der Waals surface area contributed by atoms with Gasteiger partial charge in [-0.1, -0.05) is 65.3 Å². The largest absolute Gasteiger partial charge is 0.272 e. The maximum absolute atomic E-state index is 12.4. The van der Waals surface area contributed by atoms with Crippen molar-refractivity contribution >= 4 is 52.8 Å². The van der Waals surface area contributed by atoms with Gasteiger partial charge in [-0.05, 0) is 30.3 Å². The fraction of sp³-hybridized carbons (Fsp3) is 0.0435. The van der Waals surface area contributed by atoms with Crippen molar-refractivity contribution in [2.24, 2.45) is 5.10 Å². The quantitative estimate of drug-likeness (QED) is 0.142. The van der Waals surface area contributed by atoms with Gasteiger partial charge in [0.05, 0.1) is 16.9 Å². The van der Waals surface area contributed by atoms with E-state index in [1.165, 1.54) is 36.2 Å². The SMILES string of the molecule is O=C(CSc1nnc(-c2ccccc2)n1-c1ccc(Cl)cc1)NN=Cc1cc([N+](=O)[O-])ccc1Cl. The topological polar surface area (TPSA) is 115 Å². The second-order valence-electron chi connectivity index (χ2n) is 7.03. The summed E-state index contributed by atoms with van der Waals surface area (Å²) < 4.78 is 1.84. The molecule has 1 aromatic heterocycles. The van der Waals surface area contributed by atoms with Gasteiger partial charge in [0.15, 0.2) is 11.0 Å². The van der Waals surface area contributed by atoms with Crippen LogP contribution in [0.5, 0.6) is 0 Å². The number of nitro benzene ring substituents is 1.